The minimum Gasteiger partial charge on any atom is -0.477 e. The van der Waals surface area contributed by atoms with Crippen molar-refractivity contribution < 1.29 is 9.90 Å². The second-order valence-electron chi connectivity index (χ2n) is 4.51. The van der Waals surface area contributed by atoms with E-state index in [1.54, 1.807) is 19.3 Å². The summed E-state index contributed by atoms with van der Waals surface area (Å²) in [5.74, 6) is -0.264. The third kappa shape index (κ3) is 2.21. The fourth-order valence-electron chi connectivity index (χ4n) is 2.19. The molecule has 0 saturated heterocycles. The van der Waals surface area contributed by atoms with Crippen molar-refractivity contribution in [3.05, 3.63) is 41.3 Å². The smallest absolute Gasteiger partial charge is 0.346 e. The van der Waals surface area contributed by atoms with Gasteiger partial charge in [0.25, 0.3) is 0 Å². The summed E-state index contributed by atoms with van der Waals surface area (Å²) in [6.07, 6.45) is 4.88. The highest BCUT2D eigenvalue weighted by Gasteiger charge is 2.20. The molecule has 3 heterocycles. The Morgan fingerprint density at radius 2 is 2.19 bits per heavy atom. The molecule has 6 nitrogen and oxygen atoms in total. The molecule has 3 rings (SSSR count). The summed E-state index contributed by atoms with van der Waals surface area (Å²) in [5.41, 5.74) is 1.56. The van der Waals surface area contributed by atoms with E-state index >= 15 is 0 Å². The van der Waals surface area contributed by atoms with Crippen molar-refractivity contribution in [2.45, 2.75) is 6.92 Å². The molecule has 0 amide bonds. The maximum absolute atomic E-state index is 11.3. The minimum absolute atomic E-state index is 0.298. The highest BCUT2D eigenvalue weighted by Crippen LogP contribution is 2.36. The fourth-order valence-corrected chi connectivity index (χ4v) is 3.17. The van der Waals surface area contributed by atoms with E-state index in [2.05, 4.69) is 15.0 Å². The predicted molar refractivity (Wildman–Crippen MR) is 81.4 cm³/mol. The summed E-state index contributed by atoms with van der Waals surface area (Å²) < 4.78 is 0. The Morgan fingerprint density at radius 3 is 2.86 bits per heavy atom. The molecular weight excluding hydrogens is 288 g/mol. The molecule has 0 saturated carbocycles. The summed E-state index contributed by atoms with van der Waals surface area (Å²) in [6.45, 7) is 1.78. The number of pyridine rings is 1. The summed E-state index contributed by atoms with van der Waals surface area (Å²) in [5, 5.41) is 10.0. The Bertz CT molecular complexity index is 816. The Labute approximate surface area is 124 Å². The predicted octanol–water partition coefficient (Wildman–Crippen LogP) is 2.86. The van der Waals surface area contributed by atoms with Crippen LogP contribution in [0.3, 0.4) is 0 Å². The summed E-state index contributed by atoms with van der Waals surface area (Å²) in [4.78, 5) is 26.7. The van der Waals surface area contributed by atoms with Crippen molar-refractivity contribution in [3.63, 3.8) is 0 Å². The van der Waals surface area contributed by atoms with E-state index < -0.39 is 5.97 Å². The topological polar surface area (TPSA) is 79.2 Å². The lowest BCUT2D eigenvalue weighted by Crippen LogP contribution is -2.12. The molecule has 0 spiro atoms. The van der Waals surface area contributed by atoms with E-state index in [9.17, 15) is 9.90 Å². The molecule has 3 aromatic rings. The molecule has 7 heteroatoms. The van der Waals surface area contributed by atoms with Crippen molar-refractivity contribution >= 4 is 39.0 Å². The van der Waals surface area contributed by atoms with E-state index in [1.165, 1.54) is 17.7 Å². The van der Waals surface area contributed by atoms with Crippen LogP contribution in [0.4, 0.5) is 11.5 Å². The summed E-state index contributed by atoms with van der Waals surface area (Å²) in [6, 6.07) is 3.76. The van der Waals surface area contributed by atoms with E-state index in [0.717, 1.165) is 11.1 Å². The van der Waals surface area contributed by atoms with Gasteiger partial charge in [0.15, 0.2) is 0 Å². The molecule has 0 aliphatic carbocycles. The zero-order valence-corrected chi connectivity index (χ0v) is 12.3. The van der Waals surface area contributed by atoms with Crippen LogP contribution in [0, 0.1) is 6.92 Å². The zero-order chi connectivity index (χ0) is 15.0. The Hall–Kier alpha value is -2.54. The average molecular weight is 300 g/mol. The van der Waals surface area contributed by atoms with Crippen molar-refractivity contribution in [1.82, 2.24) is 15.0 Å². The first kappa shape index (κ1) is 13.4. The standard InChI is InChI=1S/C14H12N4O2S/c1-8-10-12(18(2)9-4-3-5-15-6-9)16-7-17-13(10)21-11(8)14(19)20/h3-7H,1-2H3,(H,19,20). The van der Waals surface area contributed by atoms with Gasteiger partial charge in [0.1, 0.15) is 21.9 Å². The second kappa shape index (κ2) is 5.10. The molecule has 0 bridgehead atoms. The molecule has 0 fully saturated rings. The molecule has 0 aliphatic rings. The maximum Gasteiger partial charge on any atom is 0.346 e. The van der Waals surface area contributed by atoms with Crippen LogP contribution in [0.5, 0.6) is 0 Å². The van der Waals surface area contributed by atoms with E-state index in [4.69, 9.17) is 0 Å². The highest BCUT2D eigenvalue weighted by molar-refractivity contribution is 7.20. The first-order chi connectivity index (χ1) is 10.1. The van der Waals surface area contributed by atoms with Crippen LogP contribution in [0.1, 0.15) is 15.2 Å². The van der Waals surface area contributed by atoms with Gasteiger partial charge in [-0.05, 0) is 24.6 Å². The Balaban J connectivity index is 2.21. The number of thiophene rings is 1. The molecule has 3 aromatic heterocycles. The van der Waals surface area contributed by atoms with Crippen molar-refractivity contribution in [3.8, 4) is 0 Å². The van der Waals surface area contributed by atoms with E-state index in [-0.39, 0.29) is 0 Å². The van der Waals surface area contributed by atoms with Gasteiger partial charge in [0.05, 0.1) is 17.3 Å². The quantitative estimate of drug-likeness (QED) is 0.801. The third-order valence-electron chi connectivity index (χ3n) is 3.25. The van der Waals surface area contributed by atoms with Gasteiger partial charge in [-0.2, -0.15) is 0 Å². The molecule has 0 atom stereocenters. The number of rotatable bonds is 3. The van der Waals surface area contributed by atoms with Crippen molar-refractivity contribution in [2.24, 2.45) is 0 Å². The van der Waals surface area contributed by atoms with Crippen LogP contribution in [0.15, 0.2) is 30.9 Å². The largest absolute Gasteiger partial charge is 0.477 e. The Morgan fingerprint density at radius 1 is 1.38 bits per heavy atom. The van der Waals surface area contributed by atoms with Crippen molar-refractivity contribution in [1.29, 1.82) is 0 Å². The number of hydrogen-bond donors (Lipinski definition) is 1. The number of fused-ring (bicyclic) bond motifs is 1. The fraction of sp³-hybridized carbons (Fsp3) is 0.143. The summed E-state index contributed by atoms with van der Waals surface area (Å²) >= 11 is 1.17. The van der Waals surface area contributed by atoms with Crippen LogP contribution < -0.4 is 4.90 Å². The number of aromatic nitrogens is 3. The lowest BCUT2D eigenvalue weighted by molar-refractivity contribution is 0.0701. The number of aromatic carboxylic acids is 1. The number of carboxylic acid groups (broad SMARTS) is 1. The molecule has 21 heavy (non-hydrogen) atoms. The minimum atomic E-state index is -0.939. The summed E-state index contributed by atoms with van der Waals surface area (Å²) in [7, 11) is 1.87. The van der Waals surface area contributed by atoms with Crippen LogP contribution in [0.25, 0.3) is 10.2 Å². The normalized spacial score (nSPS) is 10.8. The van der Waals surface area contributed by atoms with E-state index in [1.807, 2.05) is 24.1 Å². The average Bonchev–Trinajstić information content (AvgIpc) is 2.85. The van der Waals surface area contributed by atoms with Crippen LogP contribution in [-0.2, 0) is 0 Å². The van der Waals surface area contributed by atoms with Gasteiger partial charge in [0, 0.05) is 13.2 Å². The number of carboxylic acids is 1. The van der Waals surface area contributed by atoms with Crippen LogP contribution in [0.2, 0.25) is 0 Å². The van der Waals surface area contributed by atoms with Gasteiger partial charge in [-0.15, -0.1) is 11.3 Å². The molecular formula is C14H12N4O2S. The number of carbonyl (C=O) groups is 1. The number of anilines is 2. The van der Waals surface area contributed by atoms with Gasteiger partial charge in [0.2, 0.25) is 0 Å². The van der Waals surface area contributed by atoms with Gasteiger partial charge in [-0.1, -0.05) is 0 Å². The lowest BCUT2D eigenvalue weighted by atomic mass is 10.2. The first-order valence-electron chi connectivity index (χ1n) is 6.20. The molecule has 1 N–H and O–H groups in total. The number of hydrogen-bond acceptors (Lipinski definition) is 6. The molecule has 0 unspecified atom stereocenters. The van der Waals surface area contributed by atoms with Gasteiger partial charge in [-0.3, -0.25) is 4.98 Å². The number of aryl methyl sites for hydroxylation is 1. The highest BCUT2D eigenvalue weighted by atomic mass is 32.1. The van der Waals surface area contributed by atoms with Gasteiger partial charge < -0.3 is 10.0 Å². The molecule has 0 aromatic carbocycles. The molecule has 0 radical (unpaired) electrons. The second-order valence-corrected chi connectivity index (χ2v) is 5.51. The lowest BCUT2D eigenvalue weighted by Gasteiger charge is -2.18. The zero-order valence-electron chi connectivity index (χ0n) is 11.4. The first-order valence-corrected chi connectivity index (χ1v) is 7.02. The van der Waals surface area contributed by atoms with E-state index in [0.29, 0.717) is 21.1 Å². The third-order valence-corrected chi connectivity index (χ3v) is 4.44. The van der Waals surface area contributed by atoms with Crippen LogP contribution >= 0.6 is 11.3 Å². The van der Waals surface area contributed by atoms with Gasteiger partial charge >= 0.3 is 5.97 Å². The maximum atomic E-state index is 11.3. The Kier molecular flexibility index (Phi) is 3.26. The molecule has 0 aliphatic heterocycles. The monoisotopic (exact) mass is 300 g/mol. The van der Waals surface area contributed by atoms with Crippen LogP contribution in [-0.4, -0.2) is 33.1 Å². The van der Waals surface area contributed by atoms with Gasteiger partial charge in [-0.25, -0.2) is 14.8 Å². The number of nitrogens with zero attached hydrogens (tertiary/aromatic N) is 4. The SMILES string of the molecule is Cc1c(C(=O)O)sc2ncnc(N(C)c3cccnc3)c12. The van der Waals surface area contributed by atoms with Crippen molar-refractivity contribution in [2.75, 3.05) is 11.9 Å². The molecule has 106 valence electrons.